The van der Waals surface area contributed by atoms with Crippen molar-refractivity contribution < 1.29 is 14.6 Å². The van der Waals surface area contributed by atoms with Gasteiger partial charge in [0.1, 0.15) is 5.75 Å². The van der Waals surface area contributed by atoms with Crippen LogP contribution in [0.15, 0.2) is 47.6 Å². The van der Waals surface area contributed by atoms with E-state index >= 15 is 0 Å². The molecule has 1 N–H and O–H groups in total. The summed E-state index contributed by atoms with van der Waals surface area (Å²) < 4.78 is 5.62. The van der Waals surface area contributed by atoms with E-state index in [0.29, 0.717) is 11.8 Å². The molecule has 0 aromatic heterocycles. The second kappa shape index (κ2) is 7.94. The lowest BCUT2D eigenvalue weighted by atomic mass is 9.78. The van der Waals surface area contributed by atoms with E-state index in [2.05, 4.69) is 38.1 Å². The molecular formula is C23H28O3. The van der Waals surface area contributed by atoms with E-state index in [1.807, 2.05) is 12.1 Å². The lowest BCUT2D eigenvalue weighted by Crippen LogP contribution is -2.15. The molecule has 2 aliphatic carbocycles. The first-order chi connectivity index (χ1) is 12.5. The van der Waals surface area contributed by atoms with Crippen LogP contribution in [0.4, 0.5) is 0 Å². The Labute approximate surface area is 156 Å². The van der Waals surface area contributed by atoms with Gasteiger partial charge >= 0.3 is 5.97 Å². The molecule has 2 atom stereocenters. The minimum Gasteiger partial charge on any atom is -0.496 e. The zero-order valence-corrected chi connectivity index (χ0v) is 15.9. The van der Waals surface area contributed by atoms with Crippen LogP contribution in [0.3, 0.4) is 0 Å². The number of allylic oxidation sites excluding steroid dienone is 5. The third-order valence-electron chi connectivity index (χ3n) is 5.73. The summed E-state index contributed by atoms with van der Waals surface area (Å²) in [6.07, 6.45) is 10.5. The van der Waals surface area contributed by atoms with Gasteiger partial charge < -0.3 is 9.84 Å². The van der Waals surface area contributed by atoms with Gasteiger partial charge in [-0.05, 0) is 54.7 Å². The summed E-state index contributed by atoms with van der Waals surface area (Å²) in [6, 6.07) is 6.09. The Hall–Kier alpha value is -2.29. The summed E-state index contributed by atoms with van der Waals surface area (Å²) in [7, 11) is 1.67. The monoisotopic (exact) mass is 352 g/mol. The standard InChI is InChI=1S/C23H28O3/c1-4-16-12-18(19-10-6-5-8-15(19)2)13-17-9-7-11-21(26-3)23(17)20(16)14-22(24)25/h5-7,9-11,15,18H,4,8,12-14H2,1-3H3,(H,24,25). The first kappa shape index (κ1) is 18.5. The summed E-state index contributed by atoms with van der Waals surface area (Å²) in [5, 5.41) is 9.52. The first-order valence-corrected chi connectivity index (χ1v) is 9.50. The first-order valence-electron chi connectivity index (χ1n) is 9.50. The summed E-state index contributed by atoms with van der Waals surface area (Å²) in [6.45, 7) is 4.42. The lowest BCUT2D eigenvalue weighted by molar-refractivity contribution is -0.135. The molecule has 3 nitrogen and oxygen atoms in total. The molecule has 0 heterocycles. The smallest absolute Gasteiger partial charge is 0.307 e. The number of methoxy groups -OCH3 is 1. The fourth-order valence-corrected chi connectivity index (χ4v) is 4.45. The maximum absolute atomic E-state index is 11.6. The number of rotatable bonds is 5. The number of hydrogen-bond acceptors (Lipinski definition) is 2. The number of benzene rings is 1. The zero-order valence-electron chi connectivity index (χ0n) is 15.9. The summed E-state index contributed by atoms with van der Waals surface area (Å²) in [5.41, 5.74) is 5.91. The van der Waals surface area contributed by atoms with Gasteiger partial charge in [-0.1, -0.05) is 55.4 Å². The van der Waals surface area contributed by atoms with Gasteiger partial charge in [0.2, 0.25) is 0 Å². The van der Waals surface area contributed by atoms with Gasteiger partial charge in [-0.3, -0.25) is 4.79 Å². The molecule has 0 saturated heterocycles. The van der Waals surface area contributed by atoms with Crippen LogP contribution in [0.5, 0.6) is 5.75 Å². The number of fused-ring (bicyclic) bond motifs is 1. The largest absolute Gasteiger partial charge is 0.496 e. The molecule has 0 bridgehead atoms. The van der Waals surface area contributed by atoms with E-state index in [1.165, 1.54) is 16.7 Å². The number of carboxylic acid groups (broad SMARTS) is 1. The molecule has 2 unspecified atom stereocenters. The molecule has 2 aliphatic rings. The van der Waals surface area contributed by atoms with Crippen LogP contribution in [0.2, 0.25) is 0 Å². The predicted octanol–water partition coefficient (Wildman–Crippen LogP) is 5.42. The van der Waals surface area contributed by atoms with Crippen LogP contribution in [-0.2, 0) is 11.2 Å². The molecule has 1 aromatic carbocycles. The van der Waals surface area contributed by atoms with Crippen LogP contribution in [-0.4, -0.2) is 18.2 Å². The van der Waals surface area contributed by atoms with Crippen molar-refractivity contribution in [1.29, 1.82) is 0 Å². The van der Waals surface area contributed by atoms with E-state index < -0.39 is 5.97 Å². The number of hydrogen-bond donors (Lipinski definition) is 1. The molecule has 0 fully saturated rings. The topological polar surface area (TPSA) is 46.5 Å². The van der Waals surface area contributed by atoms with Crippen molar-refractivity contribution in [2.75, 3.05) is 7.11 Å². The van der Waals surface area contributed by atoms with Crippen LogP contribution >= 0.6 is 0 Å². The fourth-order valence-electron chi connectivity index (χ4n) is 4.45. The Kier molecular flexibility index (Phi) is 5.65. The molecule has 138 valence electrons. The third-order valence-corrected chi connectivity index (χ3v) is 5.73. The molecule has 0 amide bonds. The van der Waals surface area contributed by atoms with Crippen LogP contribution in [0.25, 0.3) is 5.57 Å². The SMILES string of the molecule is CCC1=C(CC(=O)O)c2c(cccc2OC)CC(C2=CC=CCC2C)C1. The van der Waals surface area contributed by atoms with E-state index in [-0.39, 0.29) is 6.42 Å². The Bertz CT molecular complexity index is 783. The molecule has 3 rings (SSSR count). The van der Waals surface area contributed by atoms with Crippen LogP contribution < -0.4 is 4.74 Å². The Morgan fingerprint density at radius 3 is 2.77 bits per heavy atom. The highest BCUT2D eigenvalue weighted by molar-refractivity contribution is 5.88. The second-order valence-electron chi connectivity index (χ2n) is 7.34. The number of aliphatic carboxylic acids is 1. The van der Waals surface area contributed by atoms with Crippen molar-refractivity contribution in [2.45, 2.75) is 46.0 Å². The average molecular weight is 352 g/mol. The highest BCUT2D eigenvalue weighted by Crippen LogP contribution is 2.44. The van der Waals surface area contributed by atoms with E-state index in [0.717, 1.165) is 42.6 Å². The molecule has 0 aliphatic heterocycles. The van der Waals surface area contributed by atoms with Crippen LogP contribution in [0, 0.1) is 11.8 Å². The molecule has 1 aromatic rings. The van der Waals surface area contributed by atoms with E-state index in [4.69, 9.17) is 4.74 Å². The van der Waals surface area contributed by atoms with Crippen molar-refractivity contribution in [3.8, 4) is 5.75 Å². The number of carbonyl (C=O) groups is 1. The molecule has 0 radical (unpaired) electrons. The lowest BCUT2D eigenvalue weighted by Gasteiger charge is -2.26. The van der Waals surface area contributed by atoms with Gasteiger partial charge in [0, 0.05) is 5.56 Å². The Morgan fingerprint density at radius 2 is 2.12 bits per heavy atom. The predicted molar refractivity (Wildman–Crippen MR) is 105 cm³/mol. The molecular weight excluding hydrogens is 324 g/mol. The average Bonchev–Trinajstić information content (AvgIpc) is 2.78. The van der Waals surface area contributed by atoms with Crippen molar-refractivity contribution in [2.24, 2.45) is 11.8 Å². The summed E-state index contributed by atoms with van der Waals surface area (Å²) in [5.74, 6) is 0.964. The third kappa shape index (κ3) is 3.62. The molecule has 0 saturated carbocycles. The van der Waals surface area contributed by atoms with Gasteiger partial charge in [-0.2, -0.15) is 0 Å². The normalized spacial score (nSPS) is 22.5. The second-order valence-corrected chi connectivity index (χ2v) is 7.34. The molecule has 26 heavy (non-hydrogen) atoms. The minimum atomic E-state index is -0.783. The maximum atomic E-state index is 11.6. The zero-order chi connectivity index (χ0) is 18.7. The van der Waals surface area contributed by atoms with Gasteiger partial charge in [-0.25, -0.2) is 0 Å². The van der Waals surface area contributed by atoms with Gasteiger partial charge in [0.05, 0.1) is 13.5 Å². The van der Waals surface area contributed by atoms with E-state index in [9.17, 15) is 9.90 Å². The fraction of sp³-hybridized carbons (Fsp3) is 0.435. The highest BCUT2D eigenvalue weighted by Gasteiger charge is 2.29. The van der Waals surface area contributed by atoms with Crippen molar-refractivity contribution in [1.82, 2.24) is 0 Å². The van der Waals surface area contributed by atoms with Gasteiger partial charge in [-0.15, -0.1) is 0 Å². The van der Waals surface area contributed by atoms with Gasteiger partial charge in [0.25, 0.3) is 0 Å². The van der Waals surface area contributed by atoms with Gasteiger partial charge in [0.15, 0.2) is 0 Å². The van der Waals surface area contributed by atoms with Crippen LogP contribution in [0.1, 0.15) is 50.7 Å². The maximum Gasteiger partial charge on any atom is 0.307 e. The molecule has 0 spiro atoms. The van der Waals surface area contributed by atoms with Crippen molar-refractivity contribution in [3.63, 3.8) is 0 Å². The summed E-state index contributed by atoms with van der Waals surface area (Å²) in [4.78, 5) is 11.6. The Morgan fingerprint density at radius 1 is 1.31 bits per heavy atom. The molecule has 3 heteroatoms. The van der Waals surface area contributed by atoms with Crippen molar-refractivity contribution in [3.05, 3.63) is 58.7 Å². The summed E-state index contributed by atoms with van der Waals surface area (Å²) >= 11 is 0. The highest BCUT2D eigenvalue weighted by atomic mass is 16.5. The number of carboxylic acids is 1. The minimum absolute atomic E-state index is 0.0533. The number of ether oxygens (including phenoxy) is 1. The van der Waals surface area contributed by atoms with E-state index in [1.54, 1.807) is 7.11 Å². The van der Waals surface area contributed by atoms with Crippen molar-refractivity contribution >= 4 is 11.5 Å². The Balaban J connectivity index is 2.15. The quantitative estimate of drug-likeness (QED) is 0.770.